The summed E-state index contributed by atoms with van der Waals surface area (Å²) < 4.78 is 0. The van der Waals surface area contributed by atoms with E-state index in [-0.39, 0.29) is 6.10 Å². The Balaban J connectivity index is 0.00000106. The van der Waals surface area contributed by atoms with E-state index in [4.69, 9.17) is 0 Å². The van der Waals surface area contributed by atoms with Crippen molar-refractivity contribution in [3.63, 3.8) is 0 Å². The maximum Gasteiger partial charge on any atom is 0.0528 e. The molecular weight excluding hydrogens is 198 g/mol. The zero-order valence-corrected chi connectivity index (χ0v) is 11.5. The summed E-state index contributed by atoms with van der Waals surface area (Å²) in [7, 11) is 0. The molecule has 0 saturated heterocycles. The monoisotopic (exact) mass is 225 g/mol. The fraction of sp³-hybridized carbons (Fsp3) is 0.714. The zero-order valence-electron chi connectivity index (χ0n) is 11.5. The second-order valence-corrected chi connectivity index (χ2v) is 4.15. The van der Waals surface area contributed by atoms with Crippen LogP contribution in [0.3, 0.4) is 0 Å². The molecule has 0 bridgehead atoms. The Bertz CT molecular complexity index is 241. The Hall–Kier alpha value is -0.760. The first-order valence-corrected chi connectivity index (χ1v) is 6.37. The molecule has 0 amide bonds. The predicted molar refractivity (Wildman–Crippen MR) is 71.3 cm³/mol. The molecule has 1 rings (SSSR count). The van der Waals surface area contributed by atoms with Crippen LogP contribution in [0.15, 0.2) is 23.4 Å². The summed E-state index contributed by atoms with van der Waals surface area (Å²) in [5.74, 6) is 0. The summed E-state index contributed by atoms with van der Waals surface area (Å²) in [5, 5.41) is 9.23. The number of aliphatic hydroxyl groups excluding tert-OH is 1. The highest BCUT2D eigenvalue weighted by Gasteiger charge is 2.08. The molecule has 1 aliphatic heterocycles. The number of allylic oxidation sites excluding steroid dienone is 3. The van der Waals surface area contributed by atoms with Crippen LogP contribution >= 0.6 is 0 Å². The second kappa shape index (κ2) is 8.40. The van der Waals surface area contributed by atoms with Gasteiger partial charge in [-0.15, -0.1) is 0 Å². The van der Waals surface area contributed by atoms with Gasteiger partial charge in [0.05, 0.1) is 6.10 Å². The van der Waals surface area contributed by atoms with Gasteiger partial charge in [-0.05, 0) is 39.7 Å². The molecule has 1 aliphatic rings. The molecule has 94 valence electrons. The summed E-state index contributed by atoms with van der Waals surface area (Å²) >= 11 is 0. The topological polar surface area (TPSA) is 23.5 Å². The van der Waals surface area contributed by atoms with E-state index in [0.29, 0.717) is 0 Å². The largest absolute Gasteiger partial charge is 0.393 e. The smallest absolute Gasteiger partial charge is 0.0528 e. The average Bonchev–Trinajstić information content (AvgIpc) is 2.39. The molecule has 0 unspecified atom stereocenters. The van der Waals surface area contributed by atoms with Crippen LogP contribution in [-0.2, 0) is 0 Å². The first kappa shape index (κ1) is 15.2. The Kier molecular flexibility index (Phi) is 8.00. The van der Waals surface area contributed by atoms with Gasteiger partial charge in [0.25, 0.3) is 0 Å². The van der Waals surface area contributed by atoms with Crippen LogP contribution < -0.4 is 0 Å². The highest BCUT2D eigenvalue weighted by Crippen LogP contribution is 2.14. The van der Waals surface area contributed by atoms with Crippen molar-refractivity contribution < 1.29 is 5.11 Å². The van der Waals surface area contributed by atoms with Gasteiger partial charge in [0.2, 0.25) is 0 Å². The van der Waals surface area contributed by atoms with E-state index in [1.54, 1.807) is 0 Å². The van der Waals surface area contributed by atoms with E-state index in [2.05, 4.69) is 30.9 Å². The Morgan fingerprint density at radius 3 is 2.56 bits per heavy atom. The third-order valence-corrected chi connectivity index (χ3v) is 2.62. The molecule has 0 aliphatic carbocycles. The maximum absolute atomic E-state index is 9.23. The van der Waals surface area contributed by atoms with Gasteiger partial charge >= 0.3 is 0 Å². The van der Waals surface area contributed by atoms with Crippen molar-refractivity contribution in [1.29, 1.82) is 0 Å². The third-order valence-electron chi connectivity index (χ3n) is 2.62. The number of nitrogens with zero attached hydrogens (tertiary/aromatic N) is 1. The quantitative estimate of drug-likeness (QED) is 0.796. The Labute approximate surface area is 101 Å². The summed E-state index contributed by atoms with van der Waals surface area (Å²) in [6.45, 7) is 12.2. The molecule has 0 aromatic rings. The lowest BCUT2D eigenvalue weighted by Gasteiger charge is -2.24. The number of aliphatic hydroxyl groups is 1. The van der Waals surface area contributed by atoms with Gasteiger partial charge in [-0.1, -0.05) is 25.5 Å². The molecule has 1 atom stereocenters. The number of hydrogen-bond acceptors (Lipinski definition) is 2. The lowest BCUT2D eigenvalue weighted by atomic mass is 10.2. The fourth-order valence-electron chi connectivity index (χ4n) is 1.73. The molecule has 2 heteroatoms. The van der Waals surface area contributed by atoms with Gasteiger partial charge in [-0.3, -0.25) is 0 Å². The molecule has 0 fully saturated rings. The van der Waals surface area contributed by atoms with Crippen LogP contribution in [0.25, 0.3) is 0 Å². The molecule has 0 aromatic heterocycles. The van der Waals surface area contributed by atoms with Crippen LogP contribution in [0.1, 0.15) is 47.5 Å². The summed E-state index contributed by atoms with van der Waals surface area (Å²) in [5.41, 5.74) is 2.67. The Morgan fingerprint density at radius 2 is 2.00 bits per heavy atom. The van der Waals surface area contributed by atoms with Crippen LogP contribution in [-0.4, -0.2) is 29.2 Å². The van der Waals surface area contributed by atoms with E-state index >= 15 is 0 Å². The van der Waals surface area contributed by atoms with E-state index in [0.717, 1.165) is 25.9 Å². The zero-order chi connectivity index (χ0) is 12.6. The minimum absolute atomic E-state index is 0.194. The van der Waals surface area contributed by atoms with Crippen molar-refractivity contribution in [2.75, 3.05) is 13.1 Å². The van der Waals surface area contributed by atoms with Crippen LogP contribution in [0, 0.1) is 0 Å². The van der Waals surface area contributed by atoms with E-state index in [9.17, 15) is 5.11 Å². The summed E-state index contributed by atoms with van der Waals surface area (Å²) in [6, 6.07) is 0. The molecular formula is C14H27NO. The maximum atomic E-state index is 9.23. The Morgan fingerprint density at radius 1 is 1.38 bits per heavy atom. The van der Waals surface area contributed by atoms with Crippen molar-refractivity contribution in [1.82, 2.24) is 4.90 Å². The van der Waals surface area contributed by atoms with E-state index < -0.39 is 0 Å². The van der Waals surface area contributed by atoms with E-state index in [1.165, 1.54) is 11.3 Å². The second-order valence-electron chi connectivity index (χ2n) is 4.15. The minimum atomic E-state index is -0.194. The summed E-state index contributed by atoms with van der Waals surface area (Å²) in [4.78, 5) is 2.35. The highest BCUT2D eigenvalue weighted by molar-refractivity contribution is 5.22. The lowest BCUT2D eigenvalue weighted by Crippen LogP contribution is -2.25. The first-order chi connectivity index (χ1) is 7.59. The molecule has 0 radical (unpaired) electrons. The minimum Gasteiger partial charge on any atom is -0.393 e. The predicted octanol–water partition coefficient (Wildman–Crippen LogP) is 3.34. The lowest BCUT2D eigenvalue weighted by molar-refractivity contribution is 0.167. The van der Waals surface area contributed by atoms with Gasteiger partial charge in [-0.2, -0.15) is 0 Å². The summed E-state index contributed by atoms with van der Waals surface area (Å²) in [6.07, 6.45) is 6.25. The molecule has 16 heavy (non-hydrogen) atoms. The van der Waals surface area contributed by atoms with Gasteiger partial charge in [0, 0.05) is 18.8 Å². The molecule has 0 saturated carbocycles. The van der Waals surface area contributed by atoms with Crippen LogP contribution in [0.4, 0.5) is 0 Å². The molecule has 1 N–H and O–H groups in total. The van der Waals surface area contributed by atoms with Crippen molar-refractivity contribution >= 4 is 0 Å². The van der Waals surface area contributed by atoms with Gasteiger partial charge in [-0.25, -0.2) is 0 Å². The van der Waals surface area contributed by atoms with Crippen molar-refractivity contribution in [3.05, 3.63) is 23.4 Å². The van der Waals surface area contributed by atoms with Gasteiger partial charge in [0.1, 0.15) is 0 Å². The van der Waals surface area contributed by atoms with Crippen molar-refractivity contribution in [2.24, 2.45) is 0 Å². The molecule has 0 spiro atoms. The number of hydrogen-bond donors (Lipinski definition) is 1. The van der Waals surface area contributed by atoms with E-state index in [1.807, 2.05) is 20.8 Å². The third kappa shape index (κ3) is 5.96. The van der Waals surface area contributed by atoms with Crippen molar-refractivity contribution in [2.45, 2.75) is 53.6 Å². The normalized spacial score (nSPS) is 17.8. The highest BCUT2D eigenvalue weighted by atomic mass is 16.3. The molecule has 0 aromatic carbocycles. The first-order valence-electron chi connectivity index (χ1n) is 6.37. The van der Waals surface area contributed by atoms with Gasteiger partial charge in [0.15, 0.2) is 0 Å². The van der Waals surface area contributed by atoms with Crippen LogP contribution in [0.5, 0.6) is 0 Å². The molecule has 1 heterocycles. The van der Waals surface area contributed by atoms with Gasteiger partial charge < -0.3 is 10.0 Å². The fourth-order valence-corrected chi connectivity index (χ4v) is 1.73. The van der Waals surface area contributed by atoms with Crippen molar-refractivity contribution in [3.8, 4) is 0 Å². The number of rotatable bonds is 3. The average molecular weight is 225 g/mol. The SMILES string of the molecule is CC.CC1=CCCN(CC[C@@H](C)O)C(C)=C1. The standard InChI is InChI=1S/C12H21NO.C2H6/c1-10-5-4-7-13(11(2)9-10)8-6-12(3)14;1-2/h5,9,12,14H,4,6-8H2,1-3H3;1-2H3/t12-;/m1./s1. The molecule has 2 nitrogen and oxygen atoms in total. The van der Waals surface area contributed by atoms with Crippen LogP contribution in [0.2, 0.25) is 0 Å².